The minimum Gasteiger partial charge on any atom is -0.463 e. The number of halogens is 1. The maximum atomic E-state index is 14.0. The molecule has 114 valence electrons. The number of carbonyl (C=O) groups excluding carboxylic acids is 2. The highest BCUT2D eigenvalue weighted by Crippen LogP contribution is 2.21. The average molecular weight is 287 g/mol. The van der Waals surface area contributed by atoms with Gasteiger partial charge in [-0.15, -0.1) is 0 Å². The first-order valence-corrected chi connectivity index (χ1v) is 6.72. The van der Waals surface area contributed by atoms with Gasteiger partial charge in [0.25, 0.3) is 0 Å². The van der Waals surface area contributed by atoms with E-state index in [1.165, 1.54) is 11.0 Å². The molecule has 6 heteroatoms. The summed E-state index contributed by atoms with van der Waals surface area (Å²) in [4.78, 5) is 24.4. The molecule has 1 fully saturated rings. The summed E-state index contributed by atoms with van der Waals surface area (Å²) in [6.07, 6.45) is -0.407. The number of carbonyl (C=O) groups is 2. The molecule has 0 unspecified atom stereocenters. The number of ether oxygens (including phenoxy) is 2. The molecule has 0 aromatic heterocycles. The van der Waals surface area contributed by atoms with Gasteiger partial charge in [0, 0.05) is 12.6 Å². The number of rotatable bonds is 2. The minimum absolute atomic E-state index is 0.0971. The van der Waals surface area contributed by atoms with Crippen LogP contribution in [0.2, 0.25) is 0 Å². The molecular weight excluding hydrogens is 265 g/mol. The first-order valence-electron chi connectivity index (χ1n) is 6.72. The van der Waals surface area contributed by atoms with Crippen LogP contribution in [0.15, 0.2) is 11.6 Å². The fourth-order valence-corrected chi connectivity index (χ4v) is 1.81. The molecule has 1 saturated heterocycles. The minimum atomic E-state index is -1.36. The molecule has 0 radical (unpaired) electrons. The first-order chi connectivity index (χ1) is 9.23. The predicted molar refractivity (Wildman–Crippen MR) is 72.0 cm³/mol. The summed E-state index contributed by atoms with van der Waals surface area (Å²) in [5, 5.41) is 0. The topological polar surface area (TPSA) is 55.8 Å². The lowest BCUT2D eigenvalue weighted by Crippen LogP contribution is -2.44. The fraction of sp³-hybridized carbons (Fsp3) is 0.714. The monoisotopic (exact) mass is 287 g/mol. The van der Waals surface area contributed by atoms with E-state index >= 15 is 0 Å². The Balaban J connectivity index is 2.59. The van der Waals surface area contributed by atoms with Crippen molar-refractivity contribution in [2.45, 2.75) is 45.9 Å². The number of likely N-dealkylation sites (tertiary alicyclic amines) is 1. The summed E-state index contributed by atoms with van der Waals surface area (Å²) in [6, 6.07) is 0. The van der Waals surface area contributed by atoms with E-state index in [0.717, 1.165) is 0 Å². The molecule has 20 heavy (non-hydrogen) atoms. The Morgan fingerprint density at radius 1 is 1.45 bits per heavy atom. The lowest BCUT2D eigenvalue weighted by atomic mass is 10.0. The highest BCUT2D eigenvalue weighted by molar-refractivity contribution is 5.83. The zero-order chi connectivity index (χ0) is 15.3. The van der Waals surface area contributed by atoms with Crippen LogP contribution in [0.1, 0.15) is 34.1 Å². The summed E-state index contributed by atoms with van der Waals surface area (Å²) in [7, 11) is 0. The predicted octanol–water partition coefficient (Wildman–Crippen LogP) is 2.45. The van der Waals surface area contributed by atoms with Crippen molar-refractivity contribution in [3.8, 4) is 0 Å². The molecule has 0 aromatic carbocycles. The second kappa shape index (κ2) is 6.72. The Bertz CT molecular complexity index is 400. The van der Waals surface area contributed by atoms with Crippen molar-refractivity contribution in [2.75, 3.05) is 19.7 Å². The van der Waals surface area contributed by atoms with Crippen LogP contribution in [0.25, 0.3) is 0 Å². The summed E-state index contributed by atoms with van der Waals surface area (Å²) in [6.45, 7) is 7.45. The molecule has 1 rings (SSSR count). The zero-order valence-electron chi connectivity index (χ0n) is 12.4. The molecule has 0 spiro atoms. The summed E-state index contributed by atoms with van der Waals surface area (Å²) in [5.74, 6) is -0.545. The standard InChI is InChI=1S/C14H22FNO4/c1-5-19-12(17)8-10-6-7-16(9-11(10)15)13(18)20-14(2,3)4/h8,11H,5-7,9H2,1-4H3/t11-/m1/s1. The maximum Gasteiger partial charge on any atom is 0.410 e. The SMILES string of the molecule is CCOC(=O)C=C1CCN(C(=O)OC(C)(C)C)C[C@H]1F. The lowest BCUT2D eigenvalue weighted by Gasteiger charge is -2.32. The molecule has 0 bridgehead atoms. The molecule has 1 heterocycles. The van der Waals surface area contributed by atoms with Crippen LogP contribution in [-0.2, 0) is 14.3 Å². The van der Waals surface area contributed by atoms with Crippen LogP contribution >= 0.6 is 0 Å². The lowest BCUT2D eigenvalue weighted by molar-refractivity contribution is -0.137. The van der Waals surface area contributed by atoms with Crippen LogP contribution in [0.4, 0.5) is 9.18 Å². The Kier molecular flexibility index (Phi) is 5.53. The van der Waals surface area contributed by atoms with Gasteiger partial charge < -0.3 is 14.4 Å². The van der Waals surface area contributed by atoms with Crippen molar-refractivity contribution >= 4 is 12.1 Å². The van der Waals surface area contributed by atoms with Crippen molar-refractivity contribution in [3.63, 3.8) is 0 Å². The van der Waals surface area contributed by atoms with Crippen LogP contribution < -0.4 is 0 Å². The van der Waals surface area contributed by atoms with Crippen molar-refractivity contribution in [3.05, 3.63) is 11.6 Å². The number of nitrogens with zero attached hydrogens (tertiary/aromatic N) is 1. The zero-order valence-corrected chi connectivity index (χ0v) is 12.4. The molecule has 0 N–H and O–H groups in total. The number of piperidine rings is 1. The van der Waals surface area contributed by atoms with E-state index in [1.807, 2.05) is 0 Å². The third-order valence-electron chi connectivity index (χ3n) is 2.69. The fourth-order valence-electron chi connectivity index (χ4n) is 1.81. The average Bonchev–Trinajstić information content (AvgIpc) is 2.29. The van der Waals surface area contributed by atoms with Crippen molar-refractivity contribution in [1.29, 1.82) is 0 Å². The van der Waals surface area contributed by atoms with Gasteiger partial charge in [0.1, 0.15) is 11.8 Å². The molecule has 5 nitrogen and oxygen atoms in total. The van der Waals surface area contributed by atoms with E-state index in [4.69, 9.17) is 9.47 Å². The molecule has 1 atom stereocenters. The van der Waals surface area contributed by atoms with Crippen LogP contribution in [0.5, 0.6) is 0 Å². The molecule has 0 saturated carbocycles. The molecule has 1 amide bonds. The van der Waals surface area contributed by atoms with Gasteiger partial charge in [0.15, 0.2) is 0 Å². The van der Waals surface area contributed by atoms with Gasteiger partial charge in [-0.1, -0.05) is 0 Å². The van der Waals surface area contributed by atoms with Crippen molar-refractivity contribution in [1.82, 2.24) is 4.90 Å². The van der Waals surface area contributed by atoms with Gasteiger partial charge in [-0.3, -0.25) is 0 Å². The van der Waals surface area contributed by atoms with Gasteiger partial charge >= 0.3 is 12.1 Å². The molecular formula is C14H22FNO4. The first kappa shape index (κ1) is 16.5. The van der Waals surface area contributed by atoms with E-state index in [9.17, 15) is 14.0 Å². The van der Waals surface area contributed by atoms with Gasteiger partial charge in [-0.2, -0.15) is 0 Å². The normalized spacial score (nSPS) is 21.8. The number of alkyl halides is 1. The maximum absolute atomic E-state index is 14.0. The summed E-state index contributed by atoms with van der Waals surface area (Å²) in [5.41, 5.74) is -0.243. The van der Waals surface area contributed by atoms with Crippen molar-refractivity contribution in [2.24, 2.45) is 0 Å². The second-order valence-electron chi connectivity index (χ2n) is 5.62. The van der Waals surface area contributed by atoms with Gasteiger partial charge in [-0.25, -0.2) is 14.0 Å². The van der Waals surface area contributed by atoms with Gasteiger partial charge in [0.05, 0.1) is 13.2 Å². The summed E-state index contributed by atoms with van der Waals surface area (Å²) < 4.78 is 23.9. The van der Waals surface area contributed by atoms with E-state index in [2.05, 4.69) is 0 Å². The smallest absolute Gasteiger partial charge is 0.410 e. The highest BCUT2D eigenvalue weighted by Gasteiger charge is 2.30. The summed E-state index contributed by atoms with van der Waals surface area (Å²) >= 11 is 0. The van der Waals surface area contributed by atoms with Crippen LogP contribution in [0, 0.1) is 0 Å². The van der Waals surface area contributed by atoms with E-state index in [0.29, 0.717) is 18.5 Å². The molecule has 0 aromatic rings. The quantitative estimate of drug-likeness (QED) is 0.578. The molecule has 1 aliphatic rings. The highest BCUT2D eigenvalue weighted by atomic mass is 19.1. The number of esters is 1. The Morgan fingerprint density at radius 3 is 2.60 bits per heavy atom. The van der Waals surface area contributed by atoms with Gasteiger partial charge in [-0.05, 0) is 39.7 Å². The number of hydrogen-bond acceptors (Lipinski definition) is 4. The molecule has 0 aliphatic carbocycles. The molecule has 1 aliphatic heterocycles. The third kappa shape index (κ3) is 5.19. The van der Waals surface area contributed by atoms with Gasteiger partial charge in [0.2, 0.25) is 0 Å². The Labute approximate surface area is 118 Å². The Morgan fingerprint density at radius 2 is 2.10 bits per heavy atom. The second-order valence-corrected chi connectivity index (χ2v) is 5.62. The van der Waals surface area contributed by atoms with Crippen LogP contribution in [-0.4, -0.2) is 48.4 Å². The number of amides is 1. The number of hydrogen-bond donors (Lipinski definition) is 0. The van der Waals surface area contributed by atoms with Crippen molar-refractivity contribution < 1.29 is 23.5 Å². The van der Waals surface area contributed by atoms with E-state index in [1.54, 1.807) is 27.7 Å². The Hall–Kier alpha value is -1.59. The largest absolute Gasteiger partial charge is 0.463 e. The van der Waals surface area contributed by atoms with E-state index < -0.39 is 23.8 Å². The van der Waals surface area contributed by atoms with E-state index in [-0.39, 0.29) is 13.2 Å². The third-order valence-corrected chi connectivity index (χ3v) is 2.69. The van der Waals surface area contributed by atoms with Crippen LogP contribution in [0.3, 0.4) is 0 Å².